The molecule has 1 atom stereocenters. The van der Waals surface area contributed by atoms with Crippen molar-refractivity contribution in [3.8, 4) is 0 Å². The third-order valence-electron chi connectivity index (χ3n) is 2.20. The second-order valence-corrected chi connectivity index (χ2v) is 6.87. The van der Waals surface area contributed by atoms with Crippen molar-refractivity contribution in [1.29, 1.82) is 0 Å². The molecule has 13 heavy (non-hydrogen) atoms. The molecule has 0 aliphatic carbocycles. The van der Waals surface area contributed by atoms with Crippen molar-refractivity contribution < 1.29 is 15.1 Å². The summed E-state index contributed by atoms with van der Waals surface area (Å²) in [5, 5.41) is 18.4. The van der Waals surface area contributed by atoms with E-state index in [2.05, 4.69) is 0 Å². The molecule has 4 N–H and O–H groups in total. The maximum Gasteiger partial charge on any atom is 0.114 e. The molecule has 0 bridgehead atoms. The van der Waals surface area contributed by atoms with Gasteiger partial charge in [0.1, 0.15) is 10.9 Å². The van der Waals surface area contributed by atoms with Gasteiger partial charge in [0.15, 0.2) is 0 Å². The lowest BCUT2D eigenvalue weighted by Gasteiger charge is -2.32. The maximum atomic E-state index is 9.22. The fourth-order valence-electron chi connectivity index (χ4n) is 1.47. The summed E-state index contributed by atoms with van der Waals surface area (Å²) in [6.45, 7) is 3.70. The SMILES string of the molecule is CC1(C)SSC(CO)(CO)C1ON. The van der Waals surface area contributed by atoms with E-state index in [0.29, 0.717) is 0 Å². The summed E-state index contributed by atoms with van der Waals surface area (Å²) in [5.74, 6) is 5.19. The quantitative estimate of drug-likeness (QED) is 0.469. The van der Waals surface area contributed by atoms with Crippen LogP contribution in [0, 0.1) is 0 Å². The number of hydrogen-bond donors (Lipinski definition) is 3. The molecule has 1 saturated heterocycles. The van der Waals surface area contributed by atoms with Crippen LogP contribution in [-0.4, -0.2) is 39.0 Å². The van der Waals surface area contributed by atoms with Crippen LogP contribution in [0.15, 0.2) is 0 Å². The van der Waals surface area contributed by atoms with E-state index < -0.39 is 4.75 Å². The number of nitrogens with two attached hydrogens (primary N) is 1. The van der Waals surface area contributed by atoms with Gasteiger partial charge in [0.05, 0.1) is 18.0 Å². The first-order valence-electron chi connectivity index (χ1n) is 3.96. The van der Waals surface area contributed by atoms with E-state index in [1.165, 1.54) is 10.8 Å². The largest absolute Gasteiger partial charge is 0.395 e. The van der Waals surface area contributed by atoms with E-state index in [1.54, 1.807) is 10.8 Å². The van der Waals surface area contributed by atoms with Gasteiger partial charge >= 0.3 is 0 Å². The minimum atomic E-state index is -0.678. The van der Waals surface area contributed by atoms with Crippen LogP contribution in [0.4, 0.5) is 0 Å². The molecule has 6 heteroatoms. The van der Waals surface area contributed by atoms with Crippen LogP contribution in [0.3, 0.4) is 0 Å². The van der Waals surface area contributed by atoms with Gasteiger partial charge in [-0.05, 0) is 13.8 Å². The van der Waals surface area contributed by atoms with Gasteiger partial charge in [-0.3, -0.25) is 4.84 Å². The third-order valence-corrected chi connectivity index (χ3v) is 6.27. The fraction of sp³-hybridized carbons (Fsp3) is 1.00. The van der Waals surface area contributed by atoms with Gasteiger partial charge in [-0.1, -0.05) is 21.6 Å². The maximum absolute atomic E-state index is 9.22. The molecular weight excluding hydrogens is 210 g/mol. The minimum absolute atomic E-state index is 0.132. The molecular formula is C7H15NO3S2. The molecule has 0 saturated carbocycles. The van der Waals surface area contributed by atoms with Crippen LogP contribution in [0.1, 0.15) is 13.8 Å². The summed E-state index contributed by atoms with van der Waals surface area (Å²) in [7, 11) is 3.02. The summed E-state index contributed by atoms with van der Waals surface area (Å²) in [6, 6.07) is 0. The molecule has 0 spiro atoms. The Kier molecular flexibility index (Phi) is 3.54. The Morgan fingerprint density at radius 3 is 2.15 bits per heavy atom. The van der Waals surface area contributed by atoms with Crippen LogP contribution in [0.25, 0.3) is 0 Å². The van der Waals surface area contributed by atoms with E-state index >= 15 is 0 Å². The van der Waals surface area contributed by atoms with Gasteiger partial charge in [0, 0.05) is 0 Å². The Bertz CT molecular complexity index is 185. The molecule has 1 aliphatic heterocycles. The molecule has 1 fully saturated rings. The average Bonchev–Trinajstić information content (AvgIpc) is 2.37. The number of hydrogen-bond acceptors (Lipinski definition) is 6. The van der Waals surface area contributed by atoms with E-state index in [4.69, 9.17) is 10.7 Å². The van der Waals surface area contributed by atoms with Crippen molar-refractivity contribution in [2.45, 2.75) is 29.4 Å². The standard InChI is InChI=1S/C7H15NO3S2/c1-6(2)5(11-8)7(3-9,4-10)13-12-6/h5,9-10H,3-4,8H2,1-2H3. The van der Waals surface area contributed by atoms with E-state index in [9.17, 15) is 10.2 Å². The molecule has 1 unspecified atom stereocenters. The first kappa shape index (κ1) is 11.6. The lowest BCUT2D eigenvalue weighted by atomic mass is 9.92. The molecule has 0 aromatic rings. The predicted molar refractivity (Wildman–Crippen MR) is 55.2 cm³/mol. The van der Waals surface area contributed by atoms with Crippen LogP contribution in [-0.2, 0) is 4.84 Å². The van der Waals surface area contributed by atoms with Crippen LogP contribution in [0.2, 0.25) is 0 Å². The van der Waals surface area contributed by atoms with E-state index in [-0.39, 0.29) is 24.1 Å². The van der Waals surface area contributed by atoms with Gasteiger partial charge in [-0.15, -0.1) is 0 Å². The average molecular weight is 225 g/mol. The first-order valence-corrected chi connectivity index (χ1v) is 6.11. The van der Waals surface area contributed by atoms with Crippen molar-refractivity contribution in [2.24, 2.45) is 5.90 Å². The summed E-state index contributed by atoms with van der Waals surface area (Å²) in [5.41, 5.74) is 0. The Morgan fingerprint density at radius 1 is 1.31 bits per heavy atom. The Morgan fingerprint density at radius 2 is 1.85 bits per heavy atom. The highest BCUT2D eigenvalue weighted by Crippen LogP contribution is 2.57. The zero-order valence-electron chi connectivity index (χ0n) is 7.69. The molecule has 78 valence electrons. The molecule has 1 aliphatic rings. The highest BCUT2D eigenvalue weighted by molar-refractivity contribution is 8.78. The molecule has 1 rings (SSSR count). The highest BCUT2D eigenvalue weighted by atomic mass is 33.1. The van der Waals surface area contributed by atoms with Crippen molar-refractivity contribution >= 4 is 21.6 Å². The highest BCUT2D eigenvalue weighted by Gasteiger charge is 2.55. The third kappa shape index (κ3) is 1.84. The summed E-state index contributed by atoms with van der Waals surface area (Å²) < 4.78 is -0.867. The molecule has 4 nitrogen and oxygen atoms in total. The Hall–Kier alpha value is 0.540. The van der Waals surface area contributed by atoms with Crippen molar-refractivity contribution in [3.63, 3.8) is 0 Å². The van der Waals surface area contributed by atoms with E-state index in [1.807, 2.05) is 13.8 Å². The predicted octanol–water partition coefficient (Wildman–Crippen LogP) is 0.142. The van der Waals surface area contributed by atoms with E-state index in [0.717, 1.165) is 0 Å². The lowest BCUT2D eigenvalue weighted by Crippen LogP contribution is -2.52. The van der Waals surface area contributed by atoms with Gasteiger partial charge < -0.3 is 10.2 Å². The second kappa shape index (κ2) is 3.96. The second-order valence-electron chi connectivity index (χ2n) is 3.67. The number of aliphatic hydroxyl groups excluding tert-OH is 2. The monoisotopic (exact) mass is 225 g/mol. The molecule has 0 aromatic heterocycles. The first-order chi connectivity index (χ1) is 6.02. The normalized spacial score (nSPS) is 30.7. The molecule has 0 radical (unpaired) electrons. The fourth-order valence-corrected chi connectivity index (χ4v) is 4.82. The van der Waals surface area contributed by atoms with Gasteiger partial charge in [0.25, 0.3) is 0 Å². The summed E-state index contributed by atoms with van der Waals surface area (Å²) >= 11 is 0. The number of rotatable bonds is 3. The smallest absolute Gasteiger partial charge is 0.114 e. The lowest BCUT2D eigenvalue weighted by molar-refractivity contribution is -0.0225. The van der Waals surface area contributed by atoms with Crippen molar-refractivity contribution in [2.75, 3.05) is 13.2 Å². The van der Waals surface area contributed by atoms with Gasteiger partial charge in [-0.2, -0.15) is 0 Å². The minimum Gasteiger partial charge on any atom is -0.395 e. The summed E-state index contributed by atoms with van der Waals surface area (Å²) in [4.78, 5) is 4.86. The zero-order chi connectivity index (χ0) is 10.1. The molecule has 1 heterocycles. The van der Waals surface area contributed by atoms with Crippen LogP contribution >= 0.6 is 21.6 Å². The van der Waals surface area contributed by atoms with Crippen molar-refractivity contribution in [1.82, 2.24) is 0 Å². The van der Waals surface area contributed by atoms with Gasteiger partial charge in [-0.25, -0.2) is 5.90 Å². The summed E-state index contributed by atoms with van der Waals surface area (Å²) in [6.07, 6.45) is -0.343. The van der Waals surface area contributed by atoms with Crippen LogP contribution in [0.5, 0.6) is 0 Å². The number of aliphatic hydroxyl groups is 2. The zero-order valence-corrected chi connectivity index (χ0v) is 9.32. The van der Waals surface area contributed by atoms with Gasteiger partial charge in [0.2, 0.25) is 0 Å². The molecule has 0 amide bonds. The molecule has 0 aromatic carbocycles. The van der Waals surface area contributed by atoms with Crippen LogP contribution < -0.4 is 5.90 Å². The topological polar surface area (TPSA) is 75.7 Å². The Labute approximate surface area is 85.6 Å². The van der Waals surface area contributed by atoms with Crippen molar-refractivity contribution in [3.05, 3.63) is 0 Å². The Balaban J connectivity index is 2.89.